The standard InChI is InChI=1S/C43H50N2O13/c1-40(2,3)55-31(48)17-15-28(22-46)44-39(51)43-20-29-32-33(57-42(56-32)18-25-11-7-8-12-26(25)19-42)35(43)58-45(34(43)37(49)53-29)21-27-13-9-6-10-24(27)14-16-30(47)54-36-38(50)52-23-41(36,4)5/h6-14,16,28-29,32-36,46H,15,17-23H2,1-5H3,(H,44,51)/t28-,29+,32-,33-,34-,35+,36-,43-/m0/s1. The van der Waals surface area contributed by atoms with E-state index in [0.29, 0.717) is 24.0 Å². The third-order valence-electron chi connectivity index (χ3n) is 11.9. The number of carbonyl (C=O) groups is 5. The second kappa shape index (κ2) is 14.9. The van der Waals surface area contributed by atoms with E-state index in [9.17, 15) is 29.1 Å². The summed E-state index contributed by atoms with van der Waals surface area (Å²) >= 11 is 0. The van der Waals surface area contributed by atoms with Crippen LogP contribution in [0.1, 0.15) is 76.1 Å². The summed E-state index contributed by atoms with van der Waals surface area (Å²) in [6.45, 7) is 8.49. The first-order valence-corrected chi connectivity index (χ1v) is 19.8. The SMILES string of the molecule is CC(C)(C)OC(=O)CC[C@@H](CO)NC(=O)[C@@]12C[C@H]3OC(=O)[C@@H]1N(Cc1ccccc1C=CC(=O)O[C@H]1C(=O)OCC1(C)C)O[C@@H]2[C@H]1OC2(Cc4ccccc4C2)O[C@H]13. The minimum atomic E-state index is -1.54. The highest BCUT2D eigenvalue weighted by Crippen LogP contribution is 2.58. The summed E-state index contributed by atoms with van der Waals surface area (Å²) in [4.78, 5) is 73.6. The predicted molar refractivity (Wildman–Crippen MR) is 202 cm³/mol. The quantitative estimate of drug-likeness (QED) is 0.192. The van der Waals surface area contributed by atoms with Crippen LogP contribution >= 0.6 is 0 Å². The molecule has 8 atom stereocenters. The predicted octanol–water partition coefficient (Wildman–Crippen LogP) is 2.87. The van der Waals surface area contributed by atoms with Crippen molar-refractivity contribution >= 4 is 35.9 Å². The van der Waals surface area contributed by atoms with Crippen LogP contribution in [0.25, 0.3) is 6.08 Å². The van der Waals surface area contributed by atoms with Crippen molar-refractivity contribution in [3.05, 3.63) is 76.9 Å². The van der Waals surface area contributed by atoms with Crippen molar-refractivity contribution < 1.29 is 62.3 Å². The molecule has 5 fully saturated rings. The number of esters is 4. The largest absolute Gasteiger partial charge is 0.462 e. The first-order chi connectivity index (χ1) is 27.5. The van der Waals surface area contributed by atoms with E-state index in [0.717, 1.165) is 11.1 Å². The topological polar surface area (TPSA) is 185 Å². The molecular formula is C43H50N2O13. The van der Waals surface area contributed by atoms with Gasteiger partial charge in [-0.2, -0.15) is 5.06 Å². The highest BCUT2D eigenvalue weighted by atomic mass is 16.8. The Morgan fingerprint density at radius 2 is 1.69 bits per heavy atom. The van der Waals surface area contributed by atoms with E-state index >= 15 is 0 Å². The fourth-order valence-corrected chi connectivity index (χ4v) is 9.23. The van der Waals surface area contributed by atoms with Crippen LogP contribution in [0.3, 0.4) is 0 Å². The van der Waals surface area contributed by atoms with E-state index in [1.165, 1.54) is 11.1 Å². The number of hydrogen-bond acceptors (Lipinski definition) is 14. The smallest absolute Gasteiger partial charge is 0.348 e. The number of aliphatic hydroxyl groups excluding tert-OH is 1. The van der Waals surface area contributed by atoms with Gasteiger partial charge in [0.25, 0.3) is 0 Å². The normalized spacial score (nSPS) is 30.7. The minimum Gasteiger partial charge on any atom is -0.462 e. The van der Waals surface area contributed by atoms with Gasteiger partial charge in [-0.15, -0.1) is 0 Å². The Hall–Kier alpha value is -4.67. The van der Waals surface area contributed by atoms with Crippen LogP contribution in [0.2, 0.25) is 0 Å². The molecule has 1 amide bonds. The highest BCUT2D eigenvalue weighted by molar-refractivity contribution is 5.94. The van der Waals surface area contributed by atoms with Gasteiger partial charge < -0.3 is 38.8 Å². The molecule has 6 aliphatic rings. The molecule has 4 saturated heterocycles. The molecule has 58 heavy (non-hydrogen) atoms. The molecule has 2 bridgehead atoms. The average Bonchev–Trinajstić information content (AvgIpc) is 3.90. The zero-order chi connectivity index (χ0) is 41.2. The maximum Gasteiger partial charge on any atom is 0.348 e. The molecule has 15 nitrogen and oxygen atoms in total. The van der Waals surface area contributed by atoms with Gasteiger partial charge in [-0.05, 0) is 55.5 Å². The molecule has 2 aliphatic carbocycles. The maximum atomic E-state index is 14.9. The van der Waals surface area contributed by atoms with Crippen molar-refractivity contribution in [2.24, 2.45) is 10.8 Å². The molecule has 4 aliphatic heterocycles. The molecule has 2 N–H and O–H groups in total. The van der Waals surface area contributed by atoms with Gasteiger partial charge in [0, 0.05) is 37.2 Å². The van der Waals surface area contributed by atoms with Crippen molar-refractivity contribution in [3.63, 3.8) is 0 Å². The molecule has 2 aromatic rings. The lowest BCUT2D eigenvalue weighted by Gasteiger charge is -2.49. The Labute approximate surface area is 336 Å². The van der Waals surface area contributed by atoms with Gasteiger partial charge in [0.05, 0.1) is 19.2 Å². The monoisotopic (exact) mass is 802 g/mol. The van der Waals surface area contributed by atoms with E-state index < -0.39 is 101 Å². The van der Waals surface area contributed by atoms with Crippen molar-refractivity contribution in [1.82, 2.24) is 10.4 Å². The molecule has 310 valence electrons. The van der Waals surface area contributed by atoms with Crippen molar-refractivity contribution in [3.8, 4) is 0 Å². The van der Waals surface area contributed by atoms with Gasteiger partial charge in [0.1, 0.15) is 42.0 Å². The number of nitrogens with zero attached hydrogens (tertiary/aromatic N) is 1. The van der Waals surface area contributed by atoms with Gasteiger partial charge in [0.2, 0.25) is 12.0 Å². The van der Waals surface area contributed by atoms with Crippen molar-refractivity contribution in [1.29, 1.82) is 0 Å². The summed E-state index contributed by atoms with van der Waals surface area (Å²) < 4.78 is 35.7. The van der Waals surface area contributed by atoms with Gasteiger partial charge >= 0.3 is 23.9 Å². The Bertz CT molecular complexity index is 2000. The third kappa shape index (κ3) is 7.31. The number of ether oxygens (including phenoxy) is 6. The number of fused-ring (bicyclic) bond motifs is 5. The van der Waals surface area contributed by atoms with Gasteiger partial charge in [-0.1, -0.05) is 62.4 Å². The summed E-state index contributed by atoms with van der Waals surface area (Å²) in [7, 11) is 0. The fraction of sp³-hybridized carbons (Fsp3) is 0.558. The van der Waals surface area contributed by atoms with Crippen LogP contribution in [-0.2, 0) is 76.6 Å². The molecular weight excluding hydrogens is 752 g/mol. The minimum absolute atomic E-state index is 0.00952. The lowest BCUT2D eigenvalue weighted by atomic mass is 9.62. The number of hydroxylamine groups is 2. The molecule has 0 aromatic heterocycles. The number of hydrogen-bond donors (Lipinski definition) is 2. The molecule has 4 heterocycles. The number of nitrogens with one attached hydrogen (secondary N) is 1. The molecule has 2 aromatic carbocycles. The first kappa shape index (κ1) is 40.1. The molecule has 0 unspecified atom stereocenters. The van der Waals surface area contributed by atoms with E-state index in [1.54, 1.807) is 65.0 Å². The van der Waals surface area contributed by atoms with Crippen LogP contribution in [0.5, 0.6) is 0 Å². The number of amides is 1. The summed E-state index contributed by atoms with van der Waals surface area (Å²) in [6.07, 6.45) is -0.628. The number of carbonyl (C=O) groups excluding carboxylic acids is 5. The van der Waals surface area contributed by atoms with Gasteiger partial charge in [-0.25, -0.2) is 9.59 Å². The third-order valence-corrected chi connectivity index (χ3v) is 11.9. The second-order valence-electron chi connectivity index (χ2n) is 17.8. The second-order valence-corrected chi connectivity index (χ2v) is 17.8. The Kier molecular flexibility index (Phi) is 10.3. The van der Waals surface area contributed by atoms with E-state index in [-0.39, 0.29) is 32.4 Å². The zero-order valence-corrected chi connectivity index (χ0v) is 33.3. The molecule has 1 saturated carbocycles. The lowest BCUT2D eigenvalue weighted by molar-refractivity contribution is -0.217. The number of benzene rings is 2. The van der Waals surface area contributed by atoms with Crippen molar-refractivity contribution in [2.45, 2.75) is 127 Å². The zero-order valence-electron chi connectivity index (χ0n) is 33.3. The van der Waals surface area contributed by atoms with Crippen LogP contribution in [0, 0.1) is 10.8 Å². The number of rotatable bonds is 11. The number of cyclic esters (lactones) is 1. The summed E-state index contributed by atoms with van der Waals surface area (Å²) in [5.41, 5.74) is 0.472. The Morgan fingerprint density at radius 1 is 1.00 bits per heavy atom. The Balaban J connectivity index is 1.08. The maximum absolute atomic E-state index is 14.9. The molecule has 0 radical (unpaired) electrons. The van der Waals surface area contributed by atoms with Crippen LogP contribution in [0.4, 0.5) is 0 Å². The molecule has 1 spiro atoms. The summed E-state index contributed by atoms with van der Waals surface area (Å²) in [5.74, 6) is -4.08. The molecule has 8 rings (SSSR count). The Morgan fingerprint density at radius 3 is 2.36 bits per heavy atom. The van der Waals surface area contributed by atoms with Crippen molar-refractivity contribution in [2.75, 3.05) is 13.2 Å². The van der Waals surface area contributed by atoms with E-state index in [1.807, 2.05) is 24.3 Å². The van der Waals surface area contributed by atoms with Gasteiger partial charge in [-0.3, -0.25) is 19.2 Å². The fourth-order valence-electron chi connectivity index (χ4n) is 9.23. The lowest BCUT2D eigenvalue weighted by Crippen LogP contribution is -2.70. The van der Waals surface area contributed by atoms with E-state index in [2.05, 4.69) is 5.32 Å². The highest BCUT2D eigenvalue weighted by Gasteiger charge is 2.76. The first-order valence-electron chi connectivity index (χ1n) is 19.8. The van der Waals surface area contributed by atoms with Gasteiger partial charge in [0.15, 0.2) is 11.8 Å². The molecule has 15 heteroatoms. The number of aliphatic hydroxyl groups is 1. The van der Waals surface area contributed by atoms with Crippen LogP contribution in [0.15, 0.2) is 54.6 Å². The average molecular weight is 803 g/mol. The summed E-state index contributed by atoms with van der Waals surface area (Å²) in [5, 5.41) is 14.8. The summed E-state index contributed by atoms with van der Waals surface area (Å²) in [6, 6.07) is 13.0. The van der Waals surface area contributed by atoms with Crippen LogP contribution < -0.4 is 5.32 Å². The van der Waals surface area contributed by atoms with E-state index in [4.69, 9.17) is 33.3 Å². The van der Waals surface area contributed by atoms with Crippen LogP contribution in [-0.4, -0.2) is 107 Å².